The number of hydrogen-bond donors (Lipinski definition) is 0. The predicted octanol–water partition coefficient (Wildman–Crippen LogP) is 2.28. The molecule has 0 radical (unpaired) electrons. The molecule has 0 bridgehead atoms. The summed E-state index contributed by atoms with van der Waals surface area (Å²) >= 11 is 0. The topological polar surface area (TPSA) is 61.2 Å². The summed E-state index contributed by atoms with van der Waals surface area (Å²) in [4.78, 5) is -0.957. The highest BCUT2D eigenvalue weighted by Gasteiger charge is 2.29. The zero-order valence-corrected chi connectivity index (χ0v) is 11.3. The van der Waals surface area contributed by atoms with Crippen molar-refractivity contribution in [2.75, 3.05) is 13.1 Å². The van der Waals surface area contributed by atoms with Crippen LogP contribution in [-0.4, -0.2) is 25.8 Å². The smallest absolute Gasteiger partial charge is 0.207 e. The minimum absolute atomic E-state index is 0.0324. The van der Waals surface area contributed by atoms with Gasteiger partial charge < -0.3 is 0 Å². The van der Waals surface area contributed by atoms with Gasteiger partial charge in [0.15, 0.2) is 4.90 Å². The Hall–Kier alpha value is -1.52. The predicted molar refractivity (Wildman–Crippen MR) is 65.6 cm³/mol. The largest absolute Gasteiger partial charge is 0.248 e. The average molecular weight is 288 g/mol. The van der Waals surface area contributed by atoms with Crippen molar-refractivity contribution in [2.24, 2.45) is 0 Å². The molecule has 0 spiro atoms. The van der Waals surface area contributed by atoms with Gasteiger partial charge in [-0.15, -0.1) is 0 Å². The number of halogens is 2. The maximum atomic E-state index is 13.6. The third kappa shape index (κ3) is 3.49. The number of rotatable bonds is 6. The van der Waals surface area contributed by atoms with E-state index in [1.807, 2.05) is 6.07 Å². The van der Waals surface area contributed by atoms with Crippen molar-refractivity contribution in [2.45, 2.75) is 24.7 Å². The van der Waals surface area contributed by atoms with E-state index < -0.39 is 26.6 Å². The fourth-order valence-corrected chi connectivity index (χ4v) is 3.28. The van der Waals surface area contributed by atoms with Gasteiger partial charge in [0.2, 0.25) is 10.0 Å². The Kier molecular flexibility index (Phi) is 5.39. The van der Waals surface area contributed by atoms with Crippen LogP contribution in [-0.2, 0) is 10.0 Å². The molecule has 7 heteroatoms. The van der Waals surface area contributed by atoms with Crippen molar-refractivity contribution in [3.63, 3.8) is 0 Å². The maximum Gasteiger partial charge on any atom is 0.248 e. The first-order valence-corrected chi connectivity index (χ1v) is 7.20. The van der Waals surface area contributed by atoms with Gasteiger partial charge in [-0.1, -0.05) is 13.0 Å². The van der Waals surface area contributed by atoms with Crippen LogP contribution in [0.3, 0.4) is 0 Å². The molecule has 1 aromatic carbocycles. The van der Waals surface area contributed by atoms with E-state index in [0.717, 1.165) is 22.5 Å². The van der Waals surface area contributed by atoms with Gasteiger partial charge in [-0.25, -0.2) is 17.2 Å². The van der Waals surface area contributed by atoms with Crippen molar-refractivity contribution < 1.29 is 17.2 Å². The van der Waals surface area contributed by atoms with Crippen LogP contribution in [0.5, 0.6) is 0 Å². The first-order chi connectivity index (χ1) is 8.95. The number of benzene rings is 1. The van der Waals surface area contributed by atoms with Crippen LogP contribution in [0, 0.1) is 23.0 Å². The van der Waals surface area contributed by atoms with E-state index in [-0.39, 0.29) is 19.5 Å². The summed E-state index contributed by atoms with van der Waals surface area (Å²) in [7, 11) is -4.26. The zero-order valence-electron chi connectivity index (χ0n) is 10.4. The van der Waals surface area contributed by atoms with Gasteiger partial charge >= 0.3 is 0 Å². The number of sulfonamides is 1. The first-order valence-electron chi connectivity index (χ1n) is 5.76. The van der Waals surface area contributed by atoms with E-state index >= 15 is 0 Å². The van der Waals surface area contributed by atoms with E-state index in [1.54, 1.807) is 6.92 Å². The zero-order chi connectivity index (χ0) is 14.5. The van der Waals surface area contributed by atoms with Gasteiger partial charge in [0.1, 0.15) is 11.6 Å². The van der Waals surface area contributed by atoms with Crippen molar-refractivity contribution in [1.82, 2.24) is 4.31 Å². The molecule has 1 aromatic rings. The number of nitrogens with zero attached hydrogens (tertiary/aromatic N) is 2. The molecule has 0 heterocycles. The molecule has 0 amide bonds. The highest BCUT2D eigenvalue weighted by atomic mass is 32.2. The van der Waals surface area contributed by atoms with Gasteiger partial charge in [0, 0.05) is 19.5 Å². The summed E-state index contributed by atoms with van der Waals surface area (Å²) < 4.78 is 52.5. The molecular weight excluding hydrogens is 274 g/mol. The Balaban J connectivity index is 3.23. The highest BCUT2D eigenvalue weighted by Crippen LogP contribution is 2.22. The Morgan fingerprint density at radius 3 is 2.32 bits per heavy atom. The van der Waals surface area contributed by atoms with Crippen LogP contribution >= 0.6 is 0 Å². The van der Waals surface area contributed by atoms with Crippen molar-refractivity contribution >= 4 is 10.0 Å². The van der Waals surface area contributed by atoms with Gasteiger partial charge in [-0.05, 0) is 18.6 Å². The average Bonchev–Trinajstić information content (AvgIpc) is 2.33. The second-order valence-electron chi connectivity index (χ2n) is 3.86. The molecular formula is C12H14F2N2O2S. The maximum absolute atomic E-state index is 13.6. The molecule has 4 nitrogen and oxygen atoms in total. The molecule has 0 aromatic heterocycles. The monoisotopic (exact) mass is 288 g/mol. The van der Waals surface area contributed by atoms with E-state index in [9.17, 15) is 17.2 Å². The Bertz CT molecular complexity index is 562. The van der Waals surface area contributed by atoms with Crippen molar-refractivity contribution in [3.8, 4) is 6.07 Å². The SMILES string of the molecule is CCCN(CCC#N)S(=O)(=O)c1c(F)cccc1F. The Morgan fingerprint density at radius 2 is 1.84 bits per heavy atom. The van der Waals surface area contributed by atoms with Gasteiger partial charge in [0.25, 0.3) is 0 Å². The normalized spacial score (nSPS) is 11.5. The molecule has 19 heavy (non-hydrogen) atoms. The molecule has 0 N–H and O–H groups in total. The highest BCUT2D eigenvalue weighted by molar-refractivity contribution is 7.89. The lowest BCUT2D eigenvalue weighted by atomic mass is 10.3. The van der Waals surface area contributed by atoms with E-state index in [1.165, 1.54) is 0 Å². The van der Waals surface area contributed by atoms with Gasteiger partial charge in [-0.2, -0.15) is 9.57 Å². The van der Waals surface area contributed by atoms with E-state index in [2.05, 4.69) is 0 Å². The van der Waals surface area contributed by atoms with Crippen LogP contribution in [0.15, 0.2) is 23.1 Å². The number of hydrogen-bond acceptors (Lipinski definition) is 3. The first kappa shape index (κ1) is 15.5. The third-order valence-corrected chi connectivity index (χ3v) is 4.41. The summed E-state index contributed by atoms with van der Waals surface area (Å²) in [6, 6.07) is 4.70. The molecule has 0 aliphatic rings. The van der Waals surface area contributed by atoms with E-state index in [4.69, 9.17) is 5.26 Å². The molecule has 104 valence electrons. The lowest BCUT2D eigenvalue weighted by molar-refractivity contribution is 0.407. The molecule has 1 rings (SSSR count). The summed E-state index contributed by atoms with van der Waals surface area (Å²) in [6.07, 6.45) is 0.454. The minimum Gasteiger partial charge on any atom is -0.207 e. The van der Waals surface area contributed by atoms with Crippen LogP contribution in [0.2, 0.25) is 0 Å². The molecule has 0 aliphatic heterocycles. The summed E-state index contributed by atoms with van der Waals surface area (Å²) in [5, 5.41) is 8.51. The van der Waals surface area contributed by atoms with Crippen LogP contribution in [0.25, 0.3) is 0 Å². The number of nitriles is 1. The molecule has 0 atom stereocenters. The summed E-state index contributed by atoms with van der Waals surface area (Å²) in [5.41, 5.74) is 0. The Morgan fingerprint density at radius 1 is 1.26 bits per heavy atom. The summed E-state index contributed by atoms with van der Waals surface area (Å²) in [6.45, 7) is 1.77. The van der Waals surface area contributed by atoms with Gasteiger partial charge in [-0.3, -0.25) is 0 Å². The lowest BCUT2D eigenvalue weighted by Crippen LogP contribution is -2.33. The molecule has 0 saturated heterocycles. The minimum atomic E-state index is -4.26. The van der Waals surface area contributed by atoms with Crippen molar-refractivity contribution in [1.29, 1.82) is 5.26 Å². The van der Waals surface area contributed by atoms with Crippen molar-refractivity contribution in [3.05, 3.63) is 29.8 Å². The molecule has 0 aliphatic carbocycles. The standard InChI is InChI=1S/C12H14F2N2O2S/c1-2-8-16(9-4-7-15)19(17,18)12-10(13)5-3-6-11(12)14/h3,5-6H,2,4,8-9H2,1H3. The van der Waals surface area contributed by atoms with Crippen LogP contribution in [0.1, 0.15) is 19.8 Å². The van der Waals surface area contributed by atoms with Crippen LogP contribution < -0.4 is 0 Å². The molecule has 0 unspecified atom stereocenters. The van der Waals surface area contributed by atoms with Gasteiger partial charge in [0.05, 0.1) is 6.07 Å². The third-order valence-electron chi connectivity index (χ3n) is 2.46. The quantitative estimate of drug-likeness (QED) is 0.806. The fraction of sp³-hybridized carbons (Fsp3) is 0.417. The summed E-state index contributed by atoms with van der Waals surface area (Å²) in [5.74, 6) is -2.25. The second kappa shape index (κ2) is 6.59. The lowest BCUT2D eigenvalue weighted by Gasteiger charge is -2.20. The second-order valence-corrected chi connectivity index (χ2v) is 5.74. The molecule has 0 saturated carbocycles. The fourth-order valence-electron chi connectivity index (χ4n) is 1.63. The van der Waals surface area contributed by atoms with E-state index in [0.29, 0.717) is 6.42 Å². The Labute approximate surface area is 111 Å². The molecule has 0 fully saturated rings. The van der Waals surface area contributed by atoms with Crippen LogP contribution in [0.4, 0.5) is 8.78 Å².